The number of aryl methyl sites for hydroxylation is 1. The Bertz CT molecular complexity index is 619. The first kappa shape index (κ1) is 13.7. The fraction of sp³-hybridized carbons (Fsp3) is 0.0769. The van der Waals surface area contributed by atoms with Gasteiger partial charge in [-0.15, -0.1) is 11.3 Å². The van der Waals surface area contributed by atoms with Gasteiger partial charge in [-0.05, 0) is 36.1 Å². The second-order valence-electron chi connectivity index (χ2n) is 3.77. The molecule has 1 aromatic heterocycles. The smallest absolute Gasteiger partial charge is 0.266 e. The van der Waals surface area contributed by atoms with E-state index in [0.29, 0.717) is 4.88 Å². The number of benzene rings is 1. The number of nitrogens with one attached hydrogen (secondary N) is 1. The number of halogens is 2. The highest BCUT2D eigenvalue weighted by molar-refractivity contribution is 7.12. The number of carbonyl (C=O) groups is 1. The van der Waals surface area contributed by atoms with Crippen molar-refractivity contribution in [2.75, 3.05) is 0 Å². The van der Waals surface area contributed by atoms with Crippen molar-refractivity contribution in [1.29, 1.82) is 0 Å². The normalized spacial score (nSPS) is 10.9. The molecule has 0 aliphatic carbocycles. The molecule has 19 heavy (non-hydrogen) atoms. The van der Waals surface area contributed by atoms with Crippen LogP contribution in [0.2, 0.25) is 5.02 Å². The molecule has 0 spiro atoms. The molecule has 2 rings (SSSR count). The molecule has 6 heteroatoms. The predicted octanol–water partition coefficient (Wildman–Crippen LogP) is 3.61. The molecule has 1 amide bonds. The SMILES string of the molecule is Cc1ccsc1C(=O)NN=Cc1c(F)cccc1Cl. The number of nitrogens with zero attached hydrogens (tertiary/aromatic N) is 1. The molecule has 0 saturated heterocycles. The number of hydrogen-bond donors (Lipinski definition) is 1. The standard InChI is InChI=1S/C13H10ClFN2OS/c1-8-5-6-19-12(8)13(18)17-16-7-9-10(14)3-2-4-11(9)15/h2-7H,1H3,(H,17,18). The molecule has 0 bridgehead atoms. The van der Waals surface area contributed by atoms with E-state index < -0.39 is 5.82 Å². The Balaban J connectivity index is 2.09. The van der Waals surface area contributed by atoms with Crippen molar-refractivity contribution in [3.8, 4) is 0 Å². The molecule has 0 atom stereocenters. The van der Waals surface area contributed by atoms with Crippen LogP contribution in [0.3, 0.4) is 0 Å². The minimum Gasteiger partial charge on any atom is -0.266 e. The topological polar surface area (TPSA) is 41.5 Å². The molecule has 1 heterocycles. The second-order valence-corrected chi connectivity index (χ2v) is 5.09. The lowest BCUT2D eigenvalue weighted by Gasteiger charge is -2.00. The Labute approximate surface area is 118 Å². The van der Waals surface area contributed by atoms with Gasteiger partial charge in [0.2, 0.25) is 0 Å². The lowest BCUT2D eigenvalue weighted by molar-refractivity contribution is 0.0958. The number of rotatable bonds is 3. The molecule has 0 saturated carbocycles. The van der Waals surface area contributed by atoms with Crippen LogP contribution in [0, 0.1) is 12.7 Å². The molecule has 98 valence electrons. The quantitative estimate of drug-likeness (QED) is 0.682. The number of hydrogen-bond acceptors (Lipinski definition) is 3. The summed E-state index contributed by atoms with van der Waals surface area (Å²) < 4.78 is 13.4. The first-order valence-electron chi connectivity index (χ1n) is 5.41. The van der Waals surface area contributed by atoms with Crippen molar-refractivity contribution in [2.45, 2.75) is 6.92 Å². The van der Waals surface area contributed by atoms with Gasteiger partial charge in [-0.1, -0.05) is 17.7 Å². The lowest BCUT2D eigenvalue weighted by Crippen LogP contribution is -2.17. The van der Waals surface area contributed by atoms with Crippen molar-refractivity contribution in [3.63, 3.8) is 0 Å². The Morgan fingerprint density at radius 2 is 2.26 bits per heavy atom. The number of amides is 1. The fourth-order valence-corrected chi connectivity index (χ4v) is 2.47. The first-order valence-corrected chi connectivity index (χ1v) is 6.67. The molecular formula is C13H10ClFN2OS. The highest BCUT2D eigenvalue weighted by Crippen LogP contribution is 2.17. The van der Waals surface area contributed by atoms with Gasteiger partial charge < -0.3 is 0 Å². The minimum absolute atomic E-state index is 0.146. The van der Waals surface area contributed by atoms with Crippen molar-refractivity contribution in [2.24, 2.45) is 5.10 Å². The Morgan fingerprint density at radius 3 is 2.89 bits per heavy atom. The summed E-state index contributed by atoms with van der Waals surface area (Å²) in [5.41, 5.74) is 3.37. The highest BCUT2D eigenvalue weighted by atomic mass is 35.5. The fourth-order valence-electron chi connectivity index (χ4n) is 1.45. The zero-order valence-electron chi connectivity index (χ0n) is 9.98. The summed E-state index contributed by atoms with van der Waals surface area (Å²) in [6.45, 7) is 1.84. The van der Waals surface area contributed by atoms with E-state index in [1.165, 1.54) is 29.7 Å². The first-order chi connectivity index (χ1) is 9.09. The predicted molar refractivity (Wildman–Crippen MR) is 75.5 cm³/mol. The summed E-state index contributed by atoms with van der Waals surface area (Å²) in [4.78, 5) is 12.3. The molecule has 0 aliphatic heterocycles. The van der Waals surface area contributed by atoms with Gasteiger partial charge in [0.15, 0.2) is 0 Å². The van der Waals surface area contributed by atoms with Gasteiger partial charge in [0.1, 0.15) is 5.82 Å². The average Bonchev–Trinajstić information content (AvgIpc) is 2.79. The monoisotopic (exact) mass is 296 g/mol. The Hall–Kier alpha value is -1.72. The van der Waals surface area contributed by atoms with E-state index in [2.05, 4.69) is 10.5 Å². The van der Waals surface area contributed by atoms with Gasteiger partial charge >= 0.3 is 0 Å². The summed E-state index contributed by atoms with van der Waals surface area (Å²) in [5.74, 6) is -0.811. The molecule has 0 radical (unpaired) electrons. The number of hydrazone groups is 1. The maximum Gasteiger partial charge on any atom is 0.281 e. The highest BCUT2D eigenvalue weighted by Gasteiger charge is 2.09. The third-order valence-corrected chi connectivity index (χ3v) is 3.77. The van der Waals surface area contributed by atoms with E-state index in [1.807, 2.05) is 18.4 Å². The maximum atomic E-state index is 13.4. The molecule has 0 aliphatic rings. The molecule has 1 aromatic carbocycles. The van der Waals surface area contributed by atoms with Crippen LogP contribution in [0.5, 0.6) is 0 Å². The van der Waals surface area contributed by atoms with Crippen LogP contribution in [0.25, 0.3) is 0 Å². The van der Waals surface area contributed by atoms with E-state index in [4.69, 9.17) is 11.6 Å². The Morgan fingerprint density at radius 1 is 1.47 bits per heavy atom. The van der Waals surface area contributed by atoms with Gasteiger partial charge in [-0.2, -0.15) is 5.10 Å². The van der Waals surface area contributed by atoms with Crippen LogP contribution in [0.4, 0.5) is 4.39 Å². The van der Waals surface area contributed by atoms with Crippen LogP contribution in [-0.4, -0.2) is 12.1 Å². The van der Waals surface area contributed by atoms with E-state index >= 15 is 0 Å². The number of thiophene rings is 1. The van der Waals surface area contributed by atoms with Gasteiger partial charge in [-0.25, -0.2) is 9.82 Å². The van der Waals surface area contributed by atoms with Crippen molar-refractivity contribution in [3.05, 3.63) is 56.5 Å². The summed E-state index contributed by atoms with van der Waals surface area (Å²) in [5, 5.41) is 5.78. The average molecular weight is 297 g/mol. The van der Waals surface area contributed by atoms with Crippen LogP contribution in [0.1, 0.15) is 20.8 Å². The van der Waals surface area contributed by atoms with Gasteiger partial charge in [-0.3, -0.25) is 4.79 Å². The van der Waals surface area contributed by atoms with Crippen molar-refractivity contribution >= 4 is 35.1 Å². The molecule has 1 N–H and O–H groups in total. The number of carbonyl (C=O) groups excluding carboxylic acids is 1. The van der Waals surface area contributed by atoms with Gasteiger partial charge in [0.05, 0.1) is 16.1 Å². The summed E-state index contributed by atoms with van der Waals surface area (Å²) >= 11 is 7.15. The third-order valence-electron chi connectivity index (χ3n) is 2.43. The van der Waals surface area contributed by atoms with Crippen LogP contribution in [0.15, 0.2) is 34.7 Å². The molecular weight excluding hydrogens is 287 g/mol. The summed E-state index contributed by atoms with van der Waals surface area (Å²) in [6.07, 6.45) is 1.19. The van der Waals surface area contributed by atoms with E-state index in [9.17, 15) is 9.18 Å². The Kier molecular flexibility index (Phi) is 4.29. The summed E-state index contributed by atoms with van der Waals surface area (Å²) in [6, 6.07) is 6.18. The lowest BCUT2D eigenvalue weighted by atomic mass is 10.2. The van der Waals surface area contributed by atoms with Crippen LogP contribution >= 0.6 is 22.9 Å². The van der Waals surface area contributed by atoms with E-state index in [0.717, 1.165) is 5.56 Å². The molecule has 3 nitrogen and oxygen atoms in total. The second kappa shape index (κ2) is 5.95. The minimum atomic E-state index is -0.488. The van der Waals surface area contributed by atoms with Gasteiger partial charge in [0, 0.05) is 5.56 Å². The van der Waals surface area contributed by atoms with E-state index in [1.54, 1.807) is 6.07 Å². The molecule has 0 fully saturated rings. The zero-order valence-corrected chi connectivity index (χ0v) is 11.6. The largest absolute Gasteiger partial charge is 0.281 e. The van der Waals surface area contributed by atoms with Crippen LogP contribution in [-0.2, 0) is 0 Å². The summed E-state index contributed by atoms with van der Waals surface area (Å²) in [7, 11) is 0. The zero-order chi connectivity index (χ0) is 13.8. The van der Waals surface area contributed by atoms with Crippen molar-refractivity contribution < 1.29 is 9.18 Å². The van der Waals surface area contributed by atoms with Gasteiger partial charge in [0.25, 0.3) is 5.91 Å². The molecule has 2 aromatic rings. The van der Waals surface area contributed by atoms with Crippen molar-refractivity contribution in [1.82, 2.24) is 5.43 Å². The maximum absolute atomic E-state index is 13.4. The molecule has 0 unspecified atom stereocenters. The van der Waals surface area contributed by atoms with E-state index in [-0.39, 0.29) is 16.5 Å². The third kappa shape index (κ3) is 3.19. The van der Waals surface area contributed by atoms with Crippen LogP contribution < -0.4 is 5.43 Å².